The molecule has 0 aliphatic heterocycles. The Kier molecular flexibility index (Phi) is 5.80. The summed E-state index contributed by atoms with van der Waals surface area (Å²) in [5.41, 5.74) is 3.67. The van der Waals surface area contributed by atoms with Crippen molar-refractivity contribution in [1.29, 1.82) is 0 Å². The Morgan fingerprint density at radius 2 is 1.68 bits per heavy atom. The van der Waals surface area contributed by atoms with Gasteiger partial charge >= 0.3 is 0 Å². The highest BCUT2D eigenvalue weighted by Crippen LogP contribution is 2.35. The molecule has 0 bridgehead atoms. The van der Waals surface area contributed by atoms with Crippen LogP contribution in [0.3, 0.4) is 0 Å². The van der Waals surface area contributed by atoms with Gasteiger partial charge < -0.3 is 14.0 Å². The highest BCUT2D eigenvalue weighted by molar-refractivity contribution is 5.87. The number of carbonyl (C=O) groups is 1. The second kappa shape index (κ2) is 7.83. The Bertz CT molecular complexity index is 853. The molecule has 0 unspecified atom stereocenters. The molecule has 0 atom stereocenters. The fourth-order valence-corrected chi connectivity index (χ4v) is 2.75. The zero-order valence-electron chi connectivity index (χ0n) is 15.3. The predicted octanol–water partition coefficient (Wildman–Crippen LogP) is 3.54. The van der Waals surface area contributed by atoms with E-state index in [1.807, 2.05) is 39.1 Å². The Hall–Kier alpha value is -2.82. The monoisotopic (exact) mass is 341 g/mol. The van der Waals surface area contributed by atoms with Gasteiger partial charge in [-0.15, -0.1) is 0 Å². The normalized spacial score (nSPS) is 10.9. The first-order chi connectivity index (χ1) is 12.0. The topological polar surface area (TPSA) is 57.5 Å². The van der Waals surface area contributed by atoms with Gasteiger partial charge in [-0.3, -0.25) is 9.59 Å². The van der Waals surface area contributed by atoms with Crippen LogP contribution in [0.5, 0.6) is 11.5 Å². The van der Waals surface area contributed by atoms with Gasteiger partial charge in [-0.05, 0) is 44.0 Å². The largest absolute Gasteiger partial charge is 0.496 e. The van der Waals surface area contributed by atoms with Crippen LogP contribution in [0, 0.1) is 13.8 Å². The number of nitrogens with zero attached hydrogens (tertiary/aromatic N) is 1. The molecule has 5 nitrogen and oxygen atoms in total. The molecule has 0 fully saturated rings. The summed E-state index contributed by atoms with van der Waals surface area (Å²) >= 11 is 0. The number of allylic oxidation sites excluding steroid dienone is 2. The minimum Gasteiger partial charge on any atom is -0.496 e. The number of rotatable bonds is 6. The van der Waals surface area contributed by atoms with E-state index < -0.39 is 0 Å². The second-order valence-corrected chi connectivity index (χ2v) is 5.73. The summed E-state index contributed by atoms with van der Waals surface area (Å²) in [6, 6.07) is 3.58. The van der Waals surface area contributed by atoms with Gasteiger partial charge in [0.1, 0.15) is 11.5 Å². The Balaban J connectivity index is 2.75. The van der Waals surface area contributed by atoms with Crippen LogP contribution in [-0.2, 0) is 6.54 Å². The van der Waals surface area contributed by atoms with E-state index in [0.29, 0.717) is 35.5 Å². The number of hydrogen-bond acceptors (Lipinski definition) is 4. The van der Waals surface area contributed by atoms with E-state index in [0.717, 1.165) is 16.7 Å². The maximum absolute atomic E-state index is 12.5. The van der Waals surface area contributed by atoms with Crippen LogP contribution < -0.4 is 15.0 Å². The summed E-state index contributed by atoms with van der Waals surface area (Å²) in [5.74, 6) is 0.875. The van der Waals surface area contributed by atoms with Crippen LogP contribution >= 0.6 is 0 Å². The van der Waals surface area contributed by atoms with E-state index >= 15 is 0 Å². The molecule has 1 aromatic carbocycles. The van der Waals surface area contributed by atoms with Crippen LogP contribution in [-0.4, -0.2) is 25.1 Å². The number of aromatic nitrogens is 1. The van der Waals surface area contributed by atoms with E-state index in [4.69, 9.17) is 9.47 Å². The van der Waals surface area contributed by atoms with Crippen molar-refractivity contribution in [3.8, 4) is 22.6 Å². The standard InChI is InChI=1S/C20H23NO4/c1-6-7-8-21-11-16(13(2)14(3)20(21)23)15-9-18(24-4)17(12-22)19(10-15)25-5/h6-7,9-12H,8H2,1-5H3/b7-6+. The molecule has 0 aliphatic rings. The predicted molar refractivity (Wildman–Crippen MR) is 98.9 cm³/mol. The third-order valence-electron chi connectivity index (χ3n) is 4.34. The van der Waals surface area contributed by atoms with Gasteiger partial charge in [0.05, 0.1) is 19.8 Å². The molecule has 25 heavy (non-hydrogen) atoms. The zero-order chi connectivity index (χ0) is 18.6. The molecule has 0 saturated carbocycles. The summed E-state index contributed by atoms with van der Waals surface area (Å²) in [5, 5.41) is 0. The van der Waals surface area contributed by atoms with Crippen molar-refractivity contribution in [1.82, 2.24) is 4.57 Å². The van der Waals surface area contributed by atoms with Crippen molar-refractivity contribution in [3.05, 3.63) is 57.5 Å². The average molecular weight is 341 g/mol. The smallest absolute Gasteiger partial charge is 0.254 e. The molecule has 0 spiro atoms. The summed E-state index contributed by atoms with van der Waals surface area (Å²) in [4.78, 5) is 23.8. The number of benzene rings is 1. The first-order valence-electron chi connectivity index (χ1n) is 8.01. The molecule has 2 aromatic rings. The maximum Gasteiger partial charge on any atom is 0.254 e. The molecule has 2 rings (SSSR count). The number of pyridine rings is 1. The van der Waals surface area contributed by atoms with Crippen molar-refractivity contribution in [2.75, 3.05) is 14.2 Å². The molecule has 1 aromatic heterocycles. The quantitative estimate of drug-likeness (QED) is 0.596. The third-order valence-corrected chi connectivity index (χ3v) is 4.34. The van der Waals surface area contributed by atoms with E-state index in [9.17, 15) is 9.59 Å². The molecule has 0 radical (unpaired) electrons. The zero-order valence-corrected chi connectivity index (χ0v) is 15.3. The minimum atomic E-state index is -0.0113. The van der Waals surface area contributed by atoms with Gasteiger partial charge in [0.15, 0.2) is 6.29 Å². The van der Waals surface area contributed by atoms with Crippen LogP contribution in [0.15, 0.2) is 35.3 Å². The lowest BCUT2D eigenvalue weighted by molar-refractivity contribution is 0.111. The maximum atomic E-state index is 12.5. The van der Waals surface area contributed by atoms with E-state index in [-0.39, 0.29) is 5.56 Å². The van der Waals surface area contributed by atoms with Gasteiger partial charge in [0.25, 0.3) is 5.56 Å². The molecule has 132 valence electrons. The van der Waals surface area contributed by atoms with Gasteiger partial charge in [-0.1, -0.05) is 12.2 Å². The van der Waals surface area contributed by atoms with Crippen molar-refractivity contribution >= 4 is 6.29 Å². The van der Waals surface area contributed by atoms with Crippen LogP contribution in [0.25, 0.3) is 11.1 Å². The molecule has 5 heteroatoms. The van der Waals surface area contributed by atoms with Crippen LogP contribution in [0.2, 0.25) is 0 Å². The number of aldehydes is 1. The van der Waals surface area contributed by atoms with E-state index in [1.165, 1.54) is 14.2 Å². The lowest BCUT2D eigenvalue weighted by Gasteiger charge is -2.16. The Morgan fingerprint density at radius 1 is 1.08 bits per heavy atom. The summed E-state index contributed by atoms with van der Waals surface area (Å²) in [6.07, 6.45) is 6.38. The molecule has 0 amide bonds. The highest BCUT2D eigenvalue weighted by atomic mass is 16.5. The minimum absolute atomic E-state index is 0.0113. The second-order valence-electron chi connectivity index (χ2n) is 5.73. The lowest BCUT2D eigenvalue weighted by Crippen LogP contribution is -2.23. The summed E-state index contributed by atoms with van der Waals surface area (Å²) in [7, 11) is 3.02. The number of methoxy groups -OCH3 is 2. The van der Waals surface area contributed by atoms with Crippen LogP contribution in [0.4, 0.5) is 0 Å². The van der Waals surface area contributed by atoms with Crippen molar-refractivity contribution in [2.45, 2.75) is 27.3 Å². The first-order valence-corrected chi connectivity index (χ1v) is 8.01. The number of carbonyl (C=O) groups excluding carboxylic acids is 1. The molecule has 1 heterocycles. The van der Waals surface area contributed by atoms with Crippen LogP contribution in [0.1, 0.15) is 28.4 Å². The lowest BCUT2D eigenvalue weighted by atomic mass is 9.97. The Morgan fingerprint density at radius 3 is 2.16 bits per heavy atom. The van der Waals surface area contributed by atoms with E-state index in [1.54, 1.807) is 16.7 Å². The van der Waals surface area contributed by atoms with Crippen molar-refractivity contribution in [2.24, 2.45) is 0 Å². The molecule has 0 aliphatic carbocycles. The van der Waals surface area contributed by atoms with Crippen molar-refractivity contribution in [3.63, 3.8) is 0 Å². The molecule has 0 saturated heterocycles. The van der Waals surface area contributed by atoms with Gasteiger partial charge in [0.2, 0.25) is 0 Å². The van der Waals surface area contributed by atoms with Crippen molar-refractivity contribution < 1.29 is 14.3 Å². The third kappa shape index (κ3) is 3.50. The van der Waals surface area contributed by atoms with Gasteiger partial charge in [-0.25, -0.2) is 0 Å². The average Bonchev–Trinajstić information content (AvgIpc) is 2.64. The fraction of sp³-hybridized carbons (Fsp3) is 0.300. The first kappa shape index (κ1) is 18.5. The number of ether oxygens (including phenoxy) is 2. The SMILES string of the molecule is C/C=C/Cn1cc(-c2cc(OC)c(C=O)c(OC)c2)c(C)c(C)c1=O. The molecule has 0 N–H and O–H groups in total. The Labute approximate surface area is 147 Å². The fourth-order valence-electron chi connectivity index (χ4n) is 2.75. The van der Waals surface area contributed by atoms with E-state index in [2.05, 4.69) is 0 Å². The highest BCUT2D eigenvalue weighted by Gasteiger charge is 2.16. The number of hydrogen-bond donors (Lipinski definition) is 0. The van der Waals surface area contributed by atoms with Gasteiger partial charge in [0, 0.05) is 23.9 Å². The molecular weight excluding hydrogens is 318 g/mol. The molecular formula is C20H23NO4. The summed E-state index contributed by atoms with van der Waals surface area (Å²) < 4.78 is 12.3. The summed E-state index contributed by atoms with van der Waals surface area (Å²) in [6.45, 7) is 6.16. The van der Waals surface area contributed by atoms with Gasteiger partial charge in [-0.2, -0.15) is 0 Å².